The third-order valence-electron chi connectivity index (χ3n) is 1.71. The molecule has 1 rings (SSSR count). The Morgan fingerprint density at radius 2 is 2.29 bits per heavy atom. The Balaban J connectivity index is 2.44. The number of hydrogen-bond acceptors (Lipinski definition) is 4. The van der Waals surface area contributed by atoms with Crippen molar-refractivity contribution in [1.29, 1.82) is 5.26 Å². The summed E-state index contributed by atoms with van der Waals surface area (Å²) in [6.07, 6.45) is 3.69. The van der Waals surface area contributed by atoms with E-state index in [4.69, 9.17) is 16.9 Å². The van der Waals surface area contributed by atoms with E-state index in [2.05, 4.69) is 16.0 Å². The highest BCUT2D eigenvalue weighted by Gasteiger charge is 2.01. The number of halogens is 1. The van der Waals surface area contributed by atoms with Crippen LogP contribution in [-0.4, -0.2) is 28.5 Å². The second kappa shape index (κ2) is 5.53. The van der Waals surface area contributed by atoms with Gasteiger partial charge >= 0.3 is 0 Å². The highest BCUT2D eigenvalue weighted by Crippen LogP contribution is 2.03. The van der Waals surface area contributed by atoms with Crippen molar-refractivity contribution >= 4 is 11.6 Å². The molecule has 0 aliphatic heterocycles. The van der Waals surface area contributed by atoms with Crippen molar-refractivity contribution < 1.29 is 0 Å². The molecule has 0 bridgehead atoms. The molecule has 0 atom stereocenters. The van der Waals surface area contributed by atoms with Crippen LogP contribution in [0.25, 0.3) is 0 Å². The molecule has 1 aromatic heterocycles. The van der Waals surface area contributed by atoms with Gasteiger partial charge in [-0.2, -0.15) is 5.26 Å². The van der Waals surface area contributed by atoms with E-state index >= 15 is 0 Å². The molecule has 0 saturated carbocycles. The molecule has 4 nitrogen and oxygen atoms in total. The highest BCUT2D eigenvalue weighted by atomic mass is 35.5. The zero-order valence-corrected chi connectivity index (χ0v) is 8.70. The highest BCUT2D eigenvalue weighted by molar-refractivity contribution is 6.29. The summed E-state index contributed by atoms with van der Waals surface area (Å²) in [5, 5.41) is 8.79. The molecule has 1 heterocycles. The Bertz CT molecular complexity index is 317. The summed E-state index contributed by atoms with van der Waals surface area (Å²) >= 11 is 5.60. The van der Waals surface area contributed by atoms with Gasteiger partial charge < -0.3 is 0 Å². The van der Waals surface area contributed by atoms with Gasteiger partial charge in [-0.3, -0.25) is 9.88 Å². The largest absolute Gasteiger partial charge is 0.299 e. The quantitative estimate of drug-likeness (QED) is 0.756. The van der Waals surface area contributed by atoms with Gasteiger partial charge in [0.15, 0.2) is 0 Å². The molecular formula is C9H11ClN4. The number of nitriles is 1. The Morgan fingerprint density at radius 1 is 1.50 bits per heavy atom. The van der Waals surface area contributed by atoms with Crippen LogP contribution in [0.3, 0.4) is 0 Å². The van der Waals surface area contributed by atoms with E-state index in [1.807, 2.05) is 11.9 Å². The normalized spacial score (nSPS) is 10.1. The van der Waals surface area contributed by atoms with E-state index in [1.54, 1.807) is 6.20 Å². The lowest BCUT2D eigenvalue weighted by Gasteiger charge is -2.13. The molecule has 74 valence electrons. The summed E-state index contributed by atoms with van der Waals surface area (Å²) in [6, 6.07) is 2.09. The third-order valence-corrected chi connectivity index (χ3v) is 1.91. The zero-order chi connectivity index (χ0) is 10.4. The third kappa shape index (κ3) is 3.69. The number of nitrogens with zero attached hydrogens (tertiary/aromatic N) is 4. The van der Waals surface area contributed by atoms with Crippen molar-refractivity contribution in [1.82, 2.24) is 14.9 Å². The van der Waals surface area contributed by atoms with Crippen LogP contribution in [0.4, 0.5) is 0 Å². The molecule has 0 fully saturated rings. The molecule has 0 saturated heterocycles. The predicted octanol–water partition coefficient (Wildman–Crippen LogP) is 1.48. The molecule has 0 aliphatic carbocycles. The fourth-order valence-corrected chi connectivity index (χ4v) is 1.11. The lowest BCUT2D eigenvalue weighted by Crippen LogP contribution is -2.19. The van der Waals surface area contributed by atoms with Crippen LogP contribution in [0.1, 0.15) is 12.1 Å². The van der Waals surface area contributed by atoms with E-state index in [0.29, 0.717) is 18.1 Å². The average molecular weight is 211 g/mol. The lowest BCUT2D eigenvalue weighted by molar-refractivity contribution is 0.330. The fourth-order valence-electron chi connectivity index (χ4n) is 1.02. The lowest BCUT2D eigenvalue weighted by atomic mass is 10.4. The van der Waals surface area contributed by atoms with E-state index in [1.165, 1.54) is 6.20 Å². The Labute approximate surface area is 88.2 Å². The average Bonchev–Trinajstić information content (AvgIpc) is 2.18. The zero-order valence-electron chi connectivity index (χ0n) is 7.94. The van der Waals surface area contributed by atoms with Gasteiger partial charge in [-0.25, -0.2) is 4.98 Å². The van der Waals surface area contributed by atoms with Crippen LogP contribution < -0.4 is 0 Å². The van der Waals surface area contributed by atoms with Crippen LogP contribution in [0.15, 0.2) is 12.4 Å². The maximum atomic E-state index is 8.40. The minimum atomic E-state index is 0.397. The number of rotatable bonds is 4. The van der Waals surface area contributed by atoms with Crippen molar-refractivity contribution in [3.8, 4) is 6.07 Å². The van der Waals surface area contributed by atoms with Crippen LogP contribution in [0.2, 0.25) is 5.15 Å². The monoisotopic (exact) mass is 210 g/mol. The number of aromatic nitrogens is 2. The van der Waals surface area contributed by atoms with Gasteiger partial charge in [0.2, 0.25) is 0 Å². The first-order chi connectivity index (χ1) is 6.72. The fraction of sp³-hybridized carbons (Fsp3) is 0.444. The van der Waals surface area contributed by atoms with Crippen molar-refractivity contribution in [2.75, 3.05) is 13.6 Å². The Morgan fingerprint density at radius 3 is 2.86 bits per heavy atom. The van der Waals surface area contributed by atoms with Crippen LogP contribution in [-0.2, 0) is 6.54 Å². The molecule has 0 aromatic carbocycles. The van der Waals surface area contributed by atoms with Gasteiger partial charge in [0, 0.05) is 19.5 Å². The van der Waals surface area contributed by atoms with E-state index < -0.39 is 0 Å². The van der Waals surface area contributed by atoms with Gasteiger partial charge in [0.05, 0.1) is 24.2 Å². The maximum Gasteiger partial charge on any atom is 0.147 e. The van der Waals surface area contributed by atoms with Crippen molar-refractivity contribution in [3.05, 3.63) is 23.2 Å². The summed E-state index contributed by atoms with van der Waals surface area (Å²) < 4.78 is 0. The summed E-state index contributed by atoms with van der Waals surface area (Å²) in [5.74, 6) is 0. The molecule has 0 unspecified atom stereocenters. The van der Waals surface area contributed by atoms with Crippen LogP contribution in [0, 0.1) is 11.3 Å². The van der Waals surface area contributed by atoms with Crippen LogP contribution in [0.5, 0.6) is 0 Å². The van der Waals surface area contributed by atoms with E-state index in [0.717, 1.165) is 12.2 Å². The first-order valence-electron chi connectivity index (χ1n) is 4.24. The molecule has 0 N–H and O–H groups in total. The first-order valence-corrected chi connectivity index (χ1v) is 4.62. The molecular weight excluding hydrogens is 200 g/mol. The van der Waals surface area contributed by atoms with Gasteiger partial charge in [0.25, 0.3) is 0 Å². The molecule has 0 radical (unpaired) electrons. The van der Waals surface area contributed by atoms with Gasteiger partial charge in [-0.15, -0.1) is 0 Å². The van der Waals surface area contributed by atoms with Gasteiger partial charge in [-0.1, -0.05) is 11.6 Å². The summed E-state index contributed by atoms with van der Waals surface area (Å²) in [6.45, 7) is 1.42. The van der Waals surface area contributed by atoms with Crippen molar-refractivity contribution in [2.24, 2.45) is 0 Å². The molecule has 5 heteroatoms. The van der Waals surface area contributed by atoms with Gasteiger partial charge in [-0.05, 0) is 7.05 Å². The SMILES string of the molecule is CN(CCC#N)Cc1cnc(Cl)cn1. The summed E-state index contributed by atoms with van der Waals surface area (Å²) in [7, 11) is 1.94. The Kier molecular flexibility index (Phi) is 4.30. The Hall–Kier alpha value is -1.18. The summed E-state index contributed by atoms with van der Waals surface area (Å²) in [5.41, 5.74) is 0.856. The minimum Gasteiger partial charge on any atom is -0.299 e. The standard InChI is InChI=1S/C9H11ClN4/c1-14(4-2-3-11)7-8-5-13-9(10)6-12-8/h5-6H,2,4,7H2,1H3. The van der Waals surface area contributed by atoms with Crippen LogP contribution >= 0.6 is 11.6 Å². The topological polar surface area (TPSA) is 52.8 Å². The summed E-state index contributed by atoms with van der Waals surface area (Å²) in [4.78, 5) is 10.0. The van der Waals surface area contributed by atoms with E-state index in [9.17, 15) is 0 Å². The molecule has 0 amide bonds. The van der Waals surface area contributed by atoms with Crippen molar-refractivity contribution in [3.63, 3.8) is 0 Å². The number of hydrogen-bond donors (Lipinski definition) is 0. The molecule has 0 spiro atoms. The first kappa shape index (κ1) is 10.9. The minimum absolute atomic E-state index is 0.397. The molecule has 0 aliphatic rings. The molecule has 1 aromatic rings. The predicted molar refractivity (Wildman–Crippen MR) is 53.6 cm³/mol. The van der Waals surface area contributed by atoms with E-state index in [-0.39, 0.29) is 0 Å². The van der Waals surface area contributed by atoms with Gasteiger partial charge in [0.1, 0.15) is 5.15 Å². The second-order valence-corrected chi connectivity index (χ2v) is 3.36. The second-order valence-electron chi connectivity index (χ2n) is 2.98. The maximum absolute atomic E-state index is 8.40. The molecule has 14 heavy (non-hydrogen) atoms. The van der Waals surface area contributed by atoms with Crippen molar-refractivity contribution in [2.45, 2.75) is 13.0 Å². The smallest absolute Gasteiger partial charge is 0.147 e.